The molecule has 2 rings (SSSR count). The van der Waals surface area contributed by atoms with Crippen molar-refractivity contribution >= 4 is 12.0 Å². The number of halogens is 2. The Balaban J connectivity index is 2.32. The van der Waals surface area contributed by atoms with E-state index in [9.17, 15) is 13.6 Å². The Morgan fingerprint density at radius 2 is 1.75 bits per heavy atom. The van der Waals surface area contributed by atoms with Gasteiger partial charge in [0, 0.05) is 30.8 Å². The molecule has 0 saturated carbocycles. The average molecular weight is 225 g/mol. The number of carbonyl (C=O) groups is 1. The Hall–Kier alpha value is -1.45. The fraction of sp³-hybridized carbons (Fsp3) is 0.417. The fourth-order valence-electron chi connectivity index (χ4n) is 2.03. The van der Waals surface area contributed by atoms with Gasteiger partial charge in [0.25, 0.3) is 0 Å². The van der Waals surface area contributed by atoms with Gasteiger partial charge in [-0.05, 0) is 25.0 Å². The van der Waals surface area contributed by atoms with Crippen molar-refractivity contribution in [1.29, 1.82) is 0 Å². The topological polar surface area (TPSA) is 20.3 Å². The first kappa shape index (κ1) is 11.0. The summed E-state index contributed by atoms with van der Waals surface area (Å²) in [5.74, 6) is -1.26. The molecular weight excluding hydrogens is 212 g/mol. The van der Waals surface area contributed by atoms with E-state index in [-0.39, 0.29) is 12.0 Å². The zero-order chi connectivity index (χ0) is 11.5. The average Bonchev–Trinajstić information content (AvgIpc) is 2.76. The lowest BCUT2D eigenvalue weighted by atomic mass is 10.1. The fourth-order valence-corrected chi connectivity index (χ4v) is 2.03. The summed E-state index contributed by atoms with van der Waals surface area (Å²) in [5, 5.41) is 0. The van der Waals surface area contributed by atoms with E-state index in [4.69, 9.17) is 0 Å². The molecule has 1 aromatic rings. The lowest BCUT2D eigenvalue weighted by Gasteiger charge is -2.18. The van der Waals surface area contributed by atoms with Crippen LogP contribution in [-0.2, 0) is 11.2 Å². The highest BCUT2D eigenvalue weighted by molar-refractivity contribution is 5.58. The first-order valence-electron chi connectivity index (χ1n) is 5.39. The molecule has 0 bridgehead atoms. The van der Waals surface area contributed by atoms with Crippen molar-refractivity contribution in [2.75, 3.05) is 18.0 Å². The van der Waals surface area contributed by atoms with Gasteiger partial charge in [-0.3, -0.25) is 0 Å². The van der Waals surface area contributed by atoms with Crippen molar-refractivity contribution in [2.24, 2.45) is 0 Å². The SMILES string of the molecule is O=CCc1c(F)cc(N2CCCC2)cc1F. The van der Waals surface area contributed by atoms with Crippen LogP contribution in [0.3, 0.4) is 0 Å². The zero-order valence-corrected chi connectivity index (χ0v) is 8.88. The first-order valence-corrected chi connectivity index (χ1v) is 5.39. The van der Waals surface area contributed by atoms with Crippen molar-refractivity contribution in [3.05, 3.63) is 29.3 Å². The highest BCUT2D eigenvalue weighted by atomic mass is 19.1. The van der Waals surface area contributed by atoms with Crippen molar-refractivity contribution in [3.8, 4) is 0 Å². The smallest absolute Gasteiger partial charge is 0.131 e. The highest BCUT2D eigenvalue weighted by Gasteiger charge is 2.17. The van der Waals surface area contributed by atoms with Crippen LogP contribution >= 0.6 is 0 Å². The van der Waals surface area contributed by atoms with Crippen molar-refractivity contribution in [2.45, 2.75) is 19.3 Å². The summed E-state index contributed by atoms with van der Waals surface area (Å²) >= 11 is 0. The van der Waals surface area contributed by atoms with E-state index < -0.39 is 11.6 Å². The summed E-state index contributed by atoms with van der Waals surface area (Å²) in [5.41, 5.74) is 0.431. The Kier molecular flexibility index (Phi) is 3.17. The van der Waals surface area contributed by atoms with Gasteiger partial charge in [-0.25, -0.2) is 8.78 Å². The van der Waals surface area contributed by atoms with Gasteiger partial charge in [-0.2, -0.15) is 0 Å². The van der Waals surface area contributed by atoms with Crippen LogP contribution in [0.5, 0.6) is 0 Å². The van der Waals surface area contributed by atoms with Crippen molar-refractivity contribution in [3.63, 3.8) is 0 Å². The largest absolute Gasteiger partial charge is 0.371 e. The maximum Gasteiger partial charge on any atom is 0.131 e. The minimum Gasteiger partial charge on any atom is -0.371 e. The molecule has 86 valence electrons. The molecule has 0 aliphatic carbocycles. The monoisotopic (exact) mass is 225 g/mol. The van der Waals surface area contributed by atoms with Gasteiger partial charge in [0.05, 0.1) is 0 Å². The molecule has 0 N–H and O–H groups in total. The molecule has 0 aromatic heterocycles. The molecule has 1 fully saturated rings. The zero-order valence-electron chi connectivity index (χ0n) is 8.88. The predicted octanol–water partition coefficient (Wildman–Crippen LogP) is 2.31. The van der Waals surface area contributed by atoms with E-state index in [1.165, 1.54) is 12.1 Å². The van der Waals surface area contributed by atoms with Gasteiger partial charge in [0.1, 0.15) is 17.9 Å². The molecule has 0 atom stereocenters. The third-order valence-corrected chi connectivity index (χ3v) is 2.88. The van der Waals surface area contributed by atoms with Crippen LogP contribution in [0.25, 0.3) is 0 Å². The first-order chi connectivity index (χ1) is 7.72. The third-order valence-electron chi connectivity index (χ3n) is 2.88. The number of hydrogen-bond donors (Lipinski definition) is 0. The third kappa shape index (κ3) is 2.05. The molecule has 1 heterocycles. The lowest BCUT2D eigenvalue weighted by Crippen LogP contribution is -2.18. The van der Waals surface area contributed by atoms with Crippen LogP contribution in [0, 0.1) is 11.6 Å². The second-order valence-electron chi connectivity index (χ2n) is 3.95. The van der Waals surface area contributed by atoms with Crippen LogP contribution < -0.4 is 4.90 Å². The molecule has 1 saturated heterocycles. The number of rotatable bonds is 3. The Morgan fingerprint density at radius 1 is 1.19 bits per heavy atom. The standard InChI is InChI=1S/C12H13F2NO/c13-11-7-9(15-4-1-2-5-15)8-12(14)10(11)3-6-16/h6-8H,1-5H2. The van der Waals surface area contributed by atoms with E-state index in [1.54, 1.807) is 0 Å². The second-order valence-corrected chi connectivity index (χ2v) is 3.95. The van der Waals surface area contributed by atoms with E-state index in [0.717, 1.165) is 25.9 Å². The number of carbonyl (C=O) groups excluding carboxylic acids is 1. The molecule has 2 nitrogen and oxygen atoms in total. The van der Waals surface area contributed by atoms with Gasteiger partial charge in [-0.1, -0.05) is 0 Å². The normalized spacial score (nSPS) is 15.5. The number of hydrogen-bond acceptors (Lipinski definition) is 2. The van der Waals surface area contributed by atoms with Gasteiger partial charge >= 0.3 is 0 Å². The summed E-state index contributed by atoms with van der Waals surface area (Å²) in [6.45, 7) is 1.68. The lowest BCUT2D eigenvalue weighted by molar-refractivity contribution is -0.107. The quantitative estimate of drug-likeness (QED) is 0.736. The number of anilines is 1. The Labute approximate surface area is 92.9 Å². The van der Waals surface area contributed by atoms with Gasteiger partial charge in [0.15, 0.2) is 0 Å². The van der Waals surface area contributed by atoms with E-state index in [2.05, 4.69) is 0 Å². The highest BCUT2D eigenvalue weighted by Crippen LogP contribution is 2.25. The number of aldehydes is 1. The van der Waals surface area contributed by atoms with Crippen molar-refractivity contribution in [1.82, 2.24) is 0 Å². The molecule has 1 aliphatic heterocycles. The Morgan fingerprint density at radius 3 is 2.25 bits per heavy atom. The van der Waals surface area contributed by atoms with E-state index in [0.29, 0.717) is 12.0 Å². The van der Waals surface area contributed by atoms with Gasteiger partial charge in [-0.15, -0.1) is 0 Å². The maximum atomic E-state index is 13.5. The van der Waals surface area contributed by atoms with E-state index >= 15 is 0 Å². The van der Waals surface area contributed by atoms with Gasteiger partial charge in [0.2, 0.25) is 0 Å². The summed E-state index contributed by atoms with van der Waals surface area (Å²) < 4.78 is 27.1. The van der Waals surface area contributed by atoms with Crippen LogP contribution in [0.2, 0.25) is 0 Å². The minimum absolute atomic E-state index is 0.141. The van der Waals surface area contributed by atoms with E-state index in [1.807, 2.05) is 4.90 Å². The maximum absolute atomic E-state index is 13.5. The summed E-state index contributed by atoms with van der Waals surface area (Å²) in [6, 6.07) is 2.63. The molecule has 1 aliphatic rings. The van der Waals surface area contributed by atoms with Crippen LogP contribution in [0.1, 0.15) is 18.4 Å². The molecule has 0 unspecified atom stereocenters. The molecule has 4 heteroatoms. The summed E-state index contributed by atoms with van der Waals surface area (Å²) in [4.78, 5) is 12.2. The van der Waals surface area contributed by atoms with Gasteiger partial charge < -0.3 is 9.69 Å². The molecule has 0 radical (unpaired) electrons. The Bertz CT molecular complexity index is 377. The number of benzene rings is 1. The summed E-state index contributed by atoms with van der Waals surface area (Å²) in [6.07, 6.45) is 2.41. The second kappa shape index (κ2) is 4.60. The van der Waals surface area contributed by atoms with Crippen LogP contribution in [0.4, 0.5) is 14.5 Å². The predicted molar refractivity (Wildman–Crippen MR) is 57.6 cm³/mol. The molecule has 16 heavy (non-hydrogen) atoms. The van der Waals surface area contributed by atoms with Crippen LogP contribution in [0.15, 0.2) is 12.1 Å². The molecule has 1 aromatic carbocycles. The molecule has 0 spiro atoms. The van der Waals surface area contributed by atoms with Crippen LogP contribution in [-0.4, -0.2) is 19.4 Å². The van der Waals surface area contributed by atoms with Crippen molar-refractivity contribution < 1.29 is 13.6 Å². The minimum atomic E-state index is -0.631. The number of nitrogens with zero attached hydrogens (tertiary/aromatic N) is 1. The molecular formula is C12H13F2NO. The molecule has 0 amide bonds. The summed E-state index contributed by atoms with van der Waals surface area (Å²) in [7, 11) is 0.